The Labute approximate surface area is 313 Å². The molecule has 2 saturated heterocycles. The van der Waals surface area contributed by atoms with Crippen molar-refractivity contribution in [1.29, 1.82) is 0 Å². The lowest BCUT2D eigenvalue weighted by Crippen LogP contribution is -2.31. The van der Waals surface area contributed by atoms with Crippen molar-refractivity contribution >= 4 is 34.5 Å². The first-order valence-corrected chi connectivity index (χ1v) is 20.4. The van der Waals surface area contributed by atoms with Crippen LogP contribution < -0.4 is 0 Å². The largest absolute Gasteiger partial charge is 0.340 e. The monoisotopic (exact) mass is 728 g/mol. The van der Waals surface area contributed by atoms with E-state index in [2.05, 4.69) is 92.2 Å². The summed E-state index contributed by atoms with van der Waals surface area (Å²) in [6.07, 6.45) is 12.5. The van der Waals surface area contributed by atoms with Crippen molar-refractivity contribution in [2.24, 2.45) is 0 Å². The van der Waals surface area contributed by atoms with E-state index < -0.39 is 0 Å². The van der Waals surface area contributed by atoms with Crippen molar-refractivity contribution in [1.82, 2.24) is 29.7 Å². The molecule has 1 unspecified atom stereocenters. The summed E-state index contributed by atoms with van der Waals surface area (Å²) < 4.78 is 0. The van der Waals surface area contributed by atoms with Crippen LogP contribution in [0.1, 0.15) is 86.2 Å². The van der Waals surface area contributed by atoms with Gasteiger partial charge >= 0.3 is 0 Å². The van der Waals surface area contributed by atoms with E-state index in [4.69, 9.17) is 9.97 Å². The van der Waals surface area contributed by atoms with Crippen LogP contribution in [0.25, 0.3) is 33.6 Å². The lowest BCUT2D eigenvalue weighted by Gasteiger charge is -2.23. The van der Waals surface area contributed by atoms with Gasteiger partial charge in [0.15, 0.2) is 0 Å². The fourth-order valence-electron chi connectivity index (χ4n) is 7.73. The van der Waals surface area contributed by atoms with Crippen LogP contribution in [0.5, 0.6) is 0 Å². The fourth-order valence-corrected chi connectivity index (χ4v) is 9.14. The quantitative estimate of drug-likeness (QED) is 0.124. The summed E-state index contributed by atoms with van der Waals surface area (Å²) in [7, 11) is 0. The minimum atomic E-state index is 0.0114. The van der Waals surface area contributed by atoms with E-state index in [1.165, 1.54) is 11.1 Å². The number of aromatic amines is 2. The lowest BCUT2D eigenvalue weighted by atomic mass is 10.0. The molecule has 0 radical (unpaired) electrons. The molecular weight excluding hydrogens is 685 g/mol. The van der Waals surface area contributed by atoms with Crippen molar-refractivity contribution in [3.8, 4) is 33.6 Å². The van der Waals surface area contributed by atoms with Crippen LogP contribution in [-0.4, -0.2) is 54.6 Å². The van der Waals surface area contributed by atoms with Gasteiger partial charge in [0.1, 0.15) is 11.6 Å². The molecular formula is C42H44N6O2S2. The normalized spacial score (nSPS) is 17.3. The second kappa shape index (κ2) is 15.8. The van der Waals surface area contributed by atoms with Gasteiger partial charge < -0.3 is 19.8 Å². The molecule has 6 aromatic rings. The van der Waals surface area contributed by atoms with Gasteiger partial charge in [0.25, 0.3) is 0 Å². The number of aryl methyl sites for hydroxylation is 2. The summed E-state index contributed by atoms with van der Waals surface area (Å²) >= 11 is 3.41. The third-order valence-electron chi connectivity index (χ3n) is 10.6. The number of hydrogen-bond acceptors (Lipinski definition) is 6. The molecule has 52 heavy (non-hydrogen) atoms. The smallest absolute Gasteiger partial charge is 0.223 e. The minimum absolute atomic E-state index is 0.0114. The maximum absolute atomic E-state index is 13.1. The van der Waals surface area contributed by atoms with E-state index in [0.29, 0.717) is 12.8 Å². The number of imidazole rings is 2. The lowest BCUT2D eigenvalue weighted by molar-refractivity contribution is -0.133. The van der Waals surface area contributed by atoms with Crippen LogP contribution in [0.4, 0.5) is 0 Å². The maximum atomic E-state index is 13.1. The SMILES string of the molecule is O=C(CCCc1ccsc1)N1CCCC1c1ncc(-c2ccc(-c3ccc(-c4cnc([C@@H]5CCCN5C(=O)CCCc5ccsc5)[nH]4)cc3)cc2)[nH]1. The molecule has 0 aliphatic carbocycles. The number of thiophene rings is 2. The highest BCUT2D eigenvalue weighted by atomic mass is 32.1. The highest BCUT2D eigenvalue weighted by Crippen LogP contribution is 2.35. The van der Waals surface area contributed by atoms with Crippen molar-refractivity contribution in [3.05, 3.63) is 117 Å². The number of aromatic nitrogens is 4. The molecule has 4 aromatic heterocycles. The topological polar surface area (TPSA) is 98.0 Å². The average Bonchev–Trinajstić information content (AvgIpc) is 4.03. The first kappa shape index (κ1) is 34.3. The minimum Gasteiger partial charge on any atom is -0.340 e. The van der Waals surface area contributed by atoms with E-state index >= 15 is 0 Å². The molecule has 2 amide bonds. The fraction of sp³-hybridized carbons (Fsp3) is 0.333. The number of carbonyl (C=O) groups excluding carboxylic acids is 2. The number of amides is 2. The van der Waals surface area contributed by atoms with Crippen molar-refractivity contribution in [2.45, 2.75) is 76.3 Å². The number of nitrogens with one attached hydrogen (secondary N) is 2. The van der Waals surface area contributed by atoms with Gasteiger partial charge in [-0.2, -0.15) is 22.7 Å². The zero-order valence-electron chi connectivity index (χ0n) is 29.3. The molecule has 8 nitrogen and oxygen atoms in total. The molecule has 2 aliphatic rings. The van der Waals surface area contributed by atoms with Gasteiger partial charge in [0.2, 0.25) is 11.8 Å². The van der Waals surface area contributed by atoms with Crippen LogP contribution in [0.2, 0.25) is 0 Å². The van der Waals surface area contributed by atoms with Crippen LogP contribution in [-0.2, 0) is 22.4 Å². The Morgan fingerprint density at radius 3 is 1.44 bits per heavy atom. The van der Waals surface area contributed by atoms with E-state index in [9.17, 15) is 9.59 Å². The second-order valence-electron chi connectivity index (χ2n) is 14.0. The highest BCUT2D eigenvalue weighted by Gasteiger charge is 2.33. The first-order chi connectivity index (χ1) is 25.6. The third kappa shape index (κ3) is 7.68. The number of rotatable bonds is 13. The molecule has 266 valence electrons. The predicted octanol–water partition coefficient (Wildman–Crippen LogP) is 9.63. The Morgan fingerprint density at radius 1 is 0.615 bits per heavy atom. The molecule has 2 N–H and O–H groups in total. The Hall–Kier alpha value is -4.80. The molecule has 2 atom stereocenters. The van der Waals surface area contributed by atoms with Gasteiger partial charge in [0.05, 0.1) is 35.9 Å². The summed E-state index contributed by atoms with van der Waals surface area (Å²) in [5, 5.41) is 8.52. The van der Waals surface area contributed by atoms with Gasteiger partial charge in [-0.05, 0) is 118 Å². The summed E-state index contributed by atoms with van der Waals surface area (Å²) in [4.78, 5) is 46.8. The predicted molar refractivity (Wildman–Crippen MR) is 209 cm³/mol. The Morgan fingerprint density at radius 2 is 1.04 bits per heavy atom. The van der Waals surface area contributed by atoms with Gasteiger partial charge in [-0.25, -0.2) is 9.97 Å². The molecule has 6 heterocycles. The van der Waals surface area contributed by atoms with Crippen LogP contribution in [0.15, 0.2) is 94.6 Å². The van der Waals surface area contributed by atoms with E-state index in [0.717, 1.165) is 110 Å². The summed E-state index contributed by atoms with van der Waals surface area (Å²) in [5.41, 5.74) is 8.96. The van der Waals surface area contributed by atoms with Crippen molar-refractivity contribution < 1.29 is 9.59 Å². The summed E-state index contributed by atoms with van der Waals surface area (Å²) in [6.45, 7) is 1.59. The molecule has 0 spiro atoms. The first-order valence-electron chi connectivity index (χ1n) is 18.5. The number of carbonyl (C=O) groups is 2. The number of H-pyrrole nitrogens is 2. The molecule has 0 bridgehead atoms. The average molecular weight is 729 g/mol. The van der Waals surface area contributed by atoms with Crippen molar-refractivity contribution in [3.63, 3.8) is 0 Å². The zero-order chi connectivity index (χ0) is 35.3. The Kier molecular flexibility index (Phi) is 10.4. The molecule has 8 rings (SSSR count). The summed E-state index contributed by atoms with van der Waals surface area (Å²) in [5.74, 6) is 2.19. The third-order valence-corrected chi connectivity index (χ3v) is 12.0. The van der Waals surface area contributed by atoms with E-state index in [1.54, 1.807) is 22.7 Å². The van der Waals surface area contributed by atoms with Gasteiger partial charge in [-0.15, -0.1) is 0 Å². The highest BCUT2D eigenvalue weighted by molar-refractivity contribution is 7.08. The van der Waals surface area contributed by atoms with Gasteiger partial charge in [0, 0.05) is 25.9 Å². The summed E-state index contributed by atoms with van der Waals surface area (Å²) in [6, 6.07) is 21.4. The molecule has 2 aromatic carbocycles. The number of likely N-dealkylation sites (tertiary alicyclic amines) is 2. The second-order valence-corrected chi connectivity index (χ2v) is 15.5. The standard InChI is InChI=1S/C42H44N6O2S2/c49-39(9-1-5-29-19-23-51-27-29)47-21-3-7-37(47)41-43-25-35(45-41)33-15-11-31(12-16-33)32-13-17-34(18-14-32)36-26-44-42(46-36)38-8-4-22-48(38)40(50)10-2-6-30-20-24-52-28-30/h11-20,23-28,37-38H,1-10,21-22H2,(H,43,45)(H,44,46)/t37-,38?/m0/s1. The molecule has 2 fully saturated rings. The Balaban J connectivity index is 0.867. The van der Waals surface area contributed by atoms with Crippen molar-refractivity contribution in [2.75, 3.05) is 13.1 Å². The van der Waals surface area contributed by atoms with E-state index in [1.807, 2.05) is 22.2 Å². The number of benzene rings is 2. The number of nitrogens with zero attached hydrogens (tertiary/aromatic N) is 4. The van der Waals surface area contributed by atoms with Crippen LogP contribution in [0.3, 0.4) is 0 Å². The van der Waals surface area contributed by atoms with Gasteiger partial charge in [-0.1, -0.05) is 48.5 Å². The molecule has 0 saturated carbocycles. The van der Waals surface area contributed by atoms with Crippen LogP contribution in [0, 0.1) is 0 Å². The maximum Gasteiger partial charge on any atom is 0.223 e. The Bertz CT molecular complexity index is 1910. The van der Waals surface area contributed by atoms with E-state index in [-0.39, 0.29) is 23.9 Å². The zero-order valence-corrected chi connectivity index (χ0v) is 30.9. The molecule has 2 aliphatic heterocycles. The van der Waals surface area contributed by atoms with Gasteiger partial charge in [-0.3, -0.25) is 9.59 Å². The van der Waals surface area contributed by atoms with Crippen LogP contribution >= 0.6 is 22.7 Å². The molecule has 10 heteroatoms. The number of hydrogen-bond donors (Lipinski definition) is 2.